The average Bonchev–Trinajstić information content (AvgIpc) is 3.36. The predicted molar refractivity (Wildman–Crippen MR) is 131 cm³/mol. The van der Waals surface area contributed by atoms with Crippen LogP contribution in [-0.2, 0) is 11.3 Å². The zero-order chi connectivity index (χ0) is 22.8. The molecule has 3 aliphatic heterocycles. The van der Waals surface area contributed by atoms with Crippen LogP contribution in [0.15, 0.2) is 54.6 Å². The van der Waals surface area contributed by atoms with Crippen LogP contribution >= 0.6 is 0 Å². The van der Waals surface area contributed by atoms with E-state index in [0.717, 1.165) is 64.3 Å². The lowest BCUT2D eigenvalue weighted by molar-refractivity contribution is -0.139. The number of carbonyl (C=O) groups excluding carboxylic acids is 1. The fourth-order valence-corrected chi connectivity index (χ4v) is 6.30. The van der Waals surface area contributed by atoms with E-state index >= 15 is 0 Å². The number of piperidine rings is 1. The second-order valence-corrected chi connectivity index (χ2v) is 10.4. The van der Waals surface area contributed by atoms with Crippen LogP contribution in [-0.4, -0.2) is 74.0 Å². The maximum atomic E-state index is 13.4. The van der Waals surface area contributed by atoms with Crippen molar-refractivity contribution < 1.29 is 9.53 Å². The number of methoxy groups -OCH3 is 1. The van der Waals surface area contributed by atoms with Gasteiger partial charge in [-0.05, 0) is 68.6 Å². The van der Waals surface area contributed by atoms with Gasteiger partial charge < -0.3 is 19.4 Å². The normalized spacial score (nSPS) is 25.8. The minimum absolute atomic E-state index is 0.131. The Labute approximate surface area is 198 Å². The number of hydrogen-bond donors (Lipinski definition) is 0. The molecular formula is C28H37N3O2. The number of benzene rings is 2. The molecule has 1 amide bonds. The summed E-state index contributed by atoms with van der Waals surface area (Å²) in [6, 6.07) is 19.1. The zero-order valence-corrected chi connectivity index (χ0v) is 20.1. The summed E-state index contributed by atoms with van der Waals surface area (Å²) >= 11 is 0. The smallest absolute Gasteiger partial charge is 0.229 e. The van der Waals surface area contributed by atoms with E-state index in [2.05, 4.69) is 64.2 Å². The van der Waals surface area contributed by atoms with Crippen LogP contribution in [0.4, 0.5) is 0 Å². The van der Waals surface area contributed by atoms with Crippen molar-refractivity contribution in [1.29, 1.82) is 0 Å². The molecular weight excluding hydrogens is 410 g/mol. The van der Waals surface area contributed by atoms with E-state index in [4.69, 9.17) is 4.74 Å². The second kappa shape index (κ2) is 9.47. The first-order chi connectivity index (χ1) is 16.1. The summed E-state index contributed by atoms with van der Waals surface area (Å²) < 4.78 is 5.26. The second-order valence-electron chi connectivity index (χ2n) is 10.4. The molecule has 3 fully saturated rings. The molecule has 0 aromatic heterocycles. The first kappa shape index (κ1) is 22.4. The van der Waals surface area contributed by atoms with Crippen LogP contribution in [0, 0.1) is 11.3 Å². The van der Waals surface area contributed by atoms with Gasteiger partial charge in [0, 0.05) is 38.6 Å². The summed E-state index contributed by atoms with van der Waals surface area (Å²) in [6.07, 6.45) is 3.02. The Hall–Kier alpha value is -2.37. The molecule has 3 saturated heterocycles. The Morgan fingerprint density at radius 1 is 0.939 bits per heavy atom. The van der Waals surface area contributed by atoms with Crippen molar-refractivity contribution in [3.63, 3.8) is 0 Å². The monoisotopic (exact) mass is 447 g/mol. The van der Waals surface area contributed by atoms with Crippen LogP contribution in [0.25, 0.3) is 0 Å². The number of likely N-dealkylation sites (tertiary alicyclic amines) is 3. The van der Waals surface area contributed by atoms with E-state index in [1.165, 1.54) is 11.1 Å². The fraction of sp³-hybridized carbons (Fsp3) is 0.536. The third kappa shape index (κ3) is 4.67. The fourth-order valence-electron chi connectivity index (χ4n) is 6.30. The molecule has 0 radical (unpaired) electrons. The van der Waals surface area contributed by atoms with Gasteiger partial charge in [-0.1, -0.05) is 42.5 Å². The SMILES string of the molecule is COc1ccc(CN2CCC3(CCN(C[C@H]4CN(C)CC4c4ccccc4)CC3)C2=O)cc1. The van der Waals surface area contributed by atoms with Gasteiger partial charge in [-0.25, -0.2) is 0 Å². The topological polar surface area (TPSA) is 36.0 Å². The van der Waals surface area contributed by atoms with Crippen LogP contribution in [0.3, 0.4) is 0 Å². The first-order valence-electron chi connectivity index (χ1n) is 12.4. The molecule has 5 rings (SSSR count). The van der Waals surface area contributed by atoms with Gasteiger partial charge in [0.25, 0.3) is 0 Å². The summed E-state index contributed by atoms with van der Waals surface area (Å²) in [5.41, 5.74) is 2.52. The lowest BCUT2D eigenvalue weighted by Crippen LogP contribution is -2.46. The molecule has 0 bridgehead atoms. The lowest BCUT2D eigenvalue weighted by Gasteiger charge is -2.39. The molecule has 5 nitrogen and oxygen atoms in total. The molecule has 0 N–H and O–H groups in total. The minimum atomic E-state index is -0.131. The van der Waals surface area contributed by atoms with E-state index in [-0.39, 0.29) is 5.41 Å². The van der Waals surface area contributed by atoms with Crippen LogP contribution in [0.1, 0.15) is 36.3 Å². The maximum absolute atomic E-state index is 13.4. The van der Waals surface area contributed by atoms with E-state index in [0.29, 0.717) is 24.3 Å². The van der Waals surface area contributed by atoms with Crippen LogP contribution in [0.2, 0.25) is 0 Å². The molecule has 2 aromatic rings. The van der Waals surface area contributed by atoms with Gasteiger partial charge in [0.05, 0.1) is 12.5 Å². The summed E-state index contributed by atoms with van der Waals surface area (Å²) in [5.74, 6) is 2.51. The standard InChI is InChI=1S/C28H37N3O2/c1-29-19-24(26(21-29)23-6-4-3-5-7-23)20-30-15-12-28(13-16-30)14-17-31(27(28)32)18-22-8-10-25(33-2)11-9-22/h3-11,24,26H,12-21H2,1-2H3/t24-,26?/m1/s1. The highest BCUT2D eigenvalue weighted by molar-refractivity contribution is 5.85. The summed E-state index contributed by atoms with van der Waals surface area (Å²) in [5, 5.41) is 0. The zero-order valence-electron chi connectivity index (χ0n) is 20.1. The van der Waals surface area contributed by atoms with Gasteiger partial charge >= 0.3 is 0 Å². The molecule has 176 valence electrons. The number of nitrogens with zero attached hydrogens (tertiary/aromatic N) is 3. The van der Waals surface area contributed by atoms with Crippen molar-refractivity contribution in [2.24, 2.45) is 11.3 Å². The van der Waals surface area contributed by atoms with Crippen molar-refractivity contribution in [1.82, 2.24) is 14.7 Å². The van der Waals surface area contributed by atoms with Crippen LogP contribution in [0.5, 0.6) is 5.75 Å². The molecule has 2 atom stereocenters. The van der Waals surface area contributed by atoms with E-state index in [1.54, 1.807) is 7.11 Å². The van der Waals surface area contributed by atoms with Crippen molar-refractivity contribution >= 4 is 5.91 Å². The van der Waals surface area contributed by atoms with Gasteiger partial charge in [0.15, 0.2) is 0 Å². The number of carbonyl (C=O) groups is 1. The highest BCUT2D eigenvalue weighted by Crippen LogP contribution is 2.43. The van der Waals surface area contributed by atoms with Crippen LogP contribution < -0.4 is 4.74 Å². The molecule has 2 aromatic carbocycles. The van der Waals surface area contributed by atoms with E-state index in [9.17, 15) is 4.79 Å². The van der Waals surface area contributed by atoms with Gasteiger partial charge in [0.1, 0.15) is 5.75 Å². The van der Waals surface area contributed by atoms with E-state index in [1.807, 2.05) is 12.1 Å². The Balaban J connectivity index is 1.17. The molecule has 33 heavy (non-hydrogen) atoms. The first-order valence-corrected chi connectivity index (χ1v) is 12.4. The van der Waals surface area contributed by atoms with E-state index < -0.39 is 0 Å². The molecule has 1 spiro atoms. The minimum Gasteiger partial charge on any atom is -0.497 e. The van der Waals surface area contributed by atoms with Gasteiger partial charge in [0.2, 0.25) is 5.91 Å². The quantitative estimate of drug-likeness (QED) is 0.674. The molecule has 3 heterocycles. The molecule has 3 aliphatic rings. The average molecular weight is 448 g/mol. The Bertz CT molecular complexity index is 937. The number of hydrogen-bond acceptors (Lipinski definition) is 4. The van der Waals surface area contributed by atoms with Gasteiger partial charge in [-0.15, -0.1) is 0 Å². The number of likely N-dealkylation sites (N-methyl/N-ethyl adjacent to an activating group) is 1. The molecule has 5 heteroatoms. The maximum Gasteiger partial charge on any atom is 0.229 e. The summed E-state index contributed by atoms with van der Waals surface area (Å²) in [6.45, 7) is 7.13. The Morgan fingerprint density at radius 3 is 2.33 bits per heavy atom. The summed E-state index contributed by atoms with van der Waals surface area (Å²) in [7, 11) is 3.93. The lowest BCUT2D eigenvalue weighted by atomic mass is 9.76. The largest absolute Gasteiger partial charge is 0.497 e. The molecule has 1 unspecified atom stereocenters. The molecule has 0 aliphatic carbocycles. The van der Waals surface area contributed by atoms with Crippen molar-refractivity contribution in [3.05, 3.63) is 65.7 Å². The van der Waals surface area contributed by atoms with Gasteiger partial charge in [-0.2, -0.15) is 0 Å². The number of rotatable bonds is 6. The highest BCUT2D eigenvalue weighted by atomic mass is 16.5. The highest BCUT2D eigenvalue weighted by Gasteiger charge is 2.48. The third-order valence-electron chi connectivity index (χ3n) is 8.29. The van der Waals surface area contributed by atoms with Crippen molar-refractivity contribution in [3.8, 4) is 5.75 Å². The Morgan fingerprint density at radius 2 is 1.64 bits per heavy atom. The third-order valence-corrected chi connectivity index (χ3v) is 8.29. The number of ether oxygens (including phenoxy) is 1. The summed E-state index contributed by atoms with van der Waals surface area (Å²) in [4.78, 5) is 20.6. The predicted octanol–water partition coefficient (Wildman–Crippen LogP) is 3.86. The number of amides is 1. The van der Waals surface area contributed by atoms with Crippen molar-refractivity contribution in [2.45, 2.75) is 31.7 Å². The Kier molecular flexibility index (Phi) is 6.44. The van der Waals surface area contributed by atoms with Gasteiger partial charge in [-0.3, -0.25) is 4.79 Å². The molecule has 0 saturated carbocycles. The van der Waals surface area contributed by atoms with Crippen molar-refractivity contribution in [2.75, 3.05) is 53.4 Å².